The lowest BCUT2D eigenvalue weighted by Crippen LogP contribution is -2.50. The summed E-state index contributed by atoms with van der Waals surface area (Å²) < 4.78 is 28.6. The number of carbonyl (C=O) groups excluding carboxylic acids is 1. The Morgan fingerprint density at radius 3 is 2.62 bits per heavy atom. The predicted molar refractivity (Wildman–Crippen MR) is 104 cm³/mol. The first-order valence-corrected chi connectivity index (χ1v) is 11.4. The Morgan fingerprint density at radius 1 is 1.27 bits per heavy atom. The number of amides is 1. The summed E-state index contributed by atoms with van der Waals surface area (Å²) in [6.07, 6.45) is 3.06. The van der Waals surface area contributed by atoms with Crippen LogP contribution in [0, 0.1) is 0 Å². The number of rotatable bonds is 7. The van der Waals surface area contributed by atoms with E-state index in [-0.39, 0.29) is 11.9 Å². The van der Waals surface area contributed by atoms with Crippen LogP contribution in [0.5, 0.6) is 0 Å². The maximum absolute atomic E-state index is 12.9. The number of hydrogen-bond acceptors (Lipinski definition) is 5. The molecule has 1 unspecified atom stereocenters. The number of hydrogen-bond donors (Lipinski definition) is 0. The molecule has 2 aliphatic heterocycles. The standard InChI is InChI=1S/C17H28N4O3S2/c1-18(2)26(23,24)21(12-11-19-8-3-4-9-19)15-7-10-20(14-15)17(22)16-6-5-13-25-16/h5-6,13,15H,3-4,7-12,14H2,1-2H3. The van der Waals surface area contributed by atoms with Gasteiger partial charge in [0.1, 0.15) is 0 Å². The lowest BCUT2D eigenvalue weighted by Gasteiger charge is -2.31. The van der Waals surface area contributed by atoms with E-state index in [0.29, 0.717) is 30.9 Å². The number of carbonyl (C=O) groups is 1. The van der Waals surface area contributed by atoms with Gasteiger partial charge in [-0.05, 0) is 43.8 Å². The Labute approximate surface area is 160 Å². The molecule has 3 rings (SSSR count). The molecule has 2 saturated heterocycles. The van der Waals surface area contributed by atoms with Crippen molar-refractivity contribution in [2.24, 2.45) is 0 Å². The fraction of sp³-hybridized carbons (Fsp3) is 0.706. The highest BCUT2D eigenvalue weighted by molar-refractivity contribution is 7.86. The molecule has 146 valence electrons. The van der Waals surface area contributed by atoms with Crippen LogP contribution < -0.4 is 0 Å². The SMILES string of the molecule is CN(C)S(=O)(=O)N(CCN1CCCC1)C1CCN(C(=O)c2cccs2)C1. The molecule has 1 aromatic rings. The first-order valence-electron chi connectivity index (χ1n) is 9.14. The largest absolute Gasteiger partial charge is 0.336 e. The molecule has 0 aromatic carbocycles. The van der Waals surface area contributed by atoms with E-state index in [2.05, 4.69) is 4.90 Å². The molecule has 0 saturated carbocycles. The summed E-state index contributed by atoms with van der Waals surface area (Å²) in [6.45, 7) is 4.38. The second-order valence-corrected chi connectivity index (χ2v) is 10.2. The van der Waals surface area contributed by atoms with Crippen molar-refractivity contribution >= 4 is 27.5 Å². The molecule has 0 N–H and O–H groups in total. The van der Waals surface area contributed by atoms with E-state index in [1.165, 1.54) is 28.5 Å². The highest BCUT2D eigenvalue weighted by atomic mass is 32.2. The summed E-state index contributed by atoms with van der Waals surface area (Å²) in [4.78, 5) is 17.4. The third-order valence-corrected chi connectivity index (χ3v) is 8.04. The van der Waals surface area contributed by atoms with Gasteiger partial charge in [0.15, 0.2) is 0 Å². The second-order valence-electron chi connectivity index (χ2n) is 7.12. The Morgan fingerprint density at radius 2 is 2.00 bits per heavy atom. The van der Waals surface area contributed by atoms with Gasteiger partial charge in [0.2, 0.25) is 0 Å². The van der Waals surface area contributed by atoms with Gasteiger partial charge in [0, 0.05) is 46.3 Å². The number of nitrogens with zero attached hydrogens (tertiary/aromatic N) is 4. The Kier molecular flexibility index (Phi) is 6.34. The van der Waals surface area contributed by atoms with Crippen molar-refractivity contribution in [1.82, 2.24) is 18.4 Å². The third kappa shape index (κ3) is 4.28. The molecule has 0 radical (unpaired) electrons. The molecule has 26 heavy (non-hydrogen) atoms. The molecule has 2 aliphatic rings. The van der Waals surface area contributed by atoms with Crippen molar-refractivity contribution in [1.29, 1.82) is 0 Å². The fourth-order valence-electron chi connectivity index (χ4n) is 3.66. The van der Waals surface area contributed by atoms with Crippen molar-refractivity contribution in [3.05, 3.63) is 22.4 Å². The van der Waals surface area contributed by atoms with Crippen molar-refractivity contribution in [3.8, 4) is 0 Å². The topological polar surface area (TPSA) is 64.2 Å². The van der Waals surface area contributed by atoms with E-state index in [4.69, 9.17) is 0 Å². The van der Waals surface area contributed by atoms with Crippen LogP contribution in [0.4, 0.5) is 0 Å². The molecular formula is C17H28N4O3S2. The monoisotopic (exact) mass is 400 g/mol. The highest BCUT2D eigenvalue weighted by Crippen LogP contribution is 2.23. The predicted octanol–water partition coefficient (Wildman–Crippen LogP) is 1.17. The van der Waals surface area contributed by atoms with Crippen LogP contribution in [0.3, 0.4) is 0 Å². The first kappa shape index (κ1) is 19.8. The fourth-order valence-corrected chi connectivity index (χ4v) is 5.63. The molecule has 0 aliphatic carbocycles. The Bertz CT molecular complexity index is 700. The zero-order valence-electron chi connectivity index (χ0n) is 15.5. The molecule has 1 atom stereocenters. The van der Waals surface area contributed by atoms with Gasteiger partial charge in [-0.3, -0.25) is 4.79 Å². The van der Waals surface area contributed by atoms with E-state index in [0.717, 1.165) is 19.6 Å². The van der Waals surface area contributed by atoms with Crippen LogP contribution >= 0.6 is 11.3 Å². The van der Waals surface area contributed by atoms with E-state index in [1.807, 2.05) is 17.5 Å². The smallest absolute Gasteiger partial charge is 0.281 e. The summed E-state index contributed by atoms with van der Waals surface area (Å²) >= 11 is 1.43. The van der Waals surface area contributed by atoms with Crippen LogP contribution in [0.25, 0.3) is 0 Å². The van der Waals surface area contributed by atoms with Gasteiger partial charge in [-0.15, -0.1) is 11.3 Å². The minimum Gasteiger partial charge on any atom is -0.336 e. The van der Waals surface area contributed by atoms with E-state index < -0.39 is 10.2 Å². The molecule has 0 spiro atoms. The lowest BCUT2D eigenvalue weighted by atomic mass is 10.2. The average molecular weight is 401 g/mol. The zero-order valence-corrected chi connectivity index (χ0v) is 17.1. The van der Waals surface area contributed by atoms with Crippen LogP contribution in [0.15, 0.2) is 17.5 Å². The molecule has 9 heteroatoms. The average Bonchev–Trinajstić information content (AvgIpc) is 3.36. The minimum absolute atomic E-state index is 0.00393. The minimum atomic E-state index is -3.51. The summed E-state index contributed by atoms with van der Waals surface area (Å²) in [5.74, 6) is 0.00393. The summed E-state index contributed by atoms with van der Waals surface area (Å²) in [7, 11) is -0.370. The van der Waals surface area contributed by atoms with Gasteiger partial charge < -0.3 is 9.80 Å². The molecule has 7 nitrogen and oxygen atoms in total. The van der Waals surface area contributed by atoms with Crippen molar-refractivity contribution in [2.45, 2.75) is 25.3 Å². The van der Waals surface area contributed by atoms with Crippen LogP contribution in [-0.2, 0) is 10.2 Å². The number of thiophene rings is 1. The van der Waals surface area contributed by atoms with Crippen molar-refractivity contribution in [2.75, 3.05) is 53.4 Å². The van der Waals surface area contributed by atoms with Crippen LogP contribution in [-0.4, -0.2) is 92.1 Å². The molecular weight excluding hydrogens is 372 g/mol. The Hall–Kier alpha value is -1.000. The highest BCUT2D eigenvalue weighted by Gasteiger charge is 2.38. The van der Waals surface area contributed by atoms with Crippen molar-refractivity contribution < 1.29 is 13.2 Å². The lowest BCUT2D eigenvalue weighted by molar-refractivity contribution is 0.0788. The van der Waals surface area contributed by atoms with E-state index >= 15 is 0 Å². The summed E-state index contributed by atoms with van der Waals surface area (Å²) in [5.41, 5.74) is 0. The molecule has 1 amide bonds. The maximum atomic E-state index is 12.9. The van der Waals surface area contributed by atoms with Crippen molar-refractivity contribution in [3.63, 3.8) is 0 Å². The van der Waals surface area contributed by atoms with Gasteiger partial charge in [-0.2, -0.15) is 17.0 Å². The maximum Gasteiger partial charge on any atom is 0.281 e. The molecule has 2 fully saturated rings. The third-order valence-electron chi connectivity index (χ3n) is 5.18. The normalized spacial score (nSPS) is 22.0. The van der Waals surface area contributed by atoms with E-state index in [9.17, 15) is 13.2 Å². The first-order chi connectivity index (χ1) is 12.4. The summed E-state index contributed by atoms with van der Waals surface area (Å²) in [5, 5.41) is 1.89. The van der Waals surface area contributed by atoms with Gasteiger partial charge in [0.25, 0.3) is 16.1 Å². The van der Waals surface area contributed by atoms with Gasteiger partial charge in [-0.1, -0.05) is 6.07 Å². The van der Waals surface area contributed by atoms with Crippen LogP contribution in [0.2, 0.25) is 0 Å². The van der Waals surface area contributed by atoms with Crippen LogP contribution in [0.1, 0.15) is 28.9 Å². The van der Waals surface area contributed by atoms with Gasteiger partial charge in [0.05, 0.1) is 4.88 Å². The summed E-state index contributed by atoms with van der Waals surface area (Å²) in [6, 6.07) is 3.53. The molecule has 0 bridgehead atoms. The van der Waals surface area contributed by atoms with Gasteiger partial charge in [-0.25, -0.2) is 0 Å². The number of likely N-dealkylation sites (tertiary alicyclic amines) is 2. The zero-order chi connectivity index (χ0) is 18.7. The Balaban J connectivity index is 1.69. The molecule has 1 aromatic heterocycles. The second kappa shape index (κ2) is 8.35. The van der Waals surface area contributed by atoms with E-state index in [1.54, 1.807) is 23.3 Å². The molecule has 3 heterocycles. The quantitative estimate of drug-likeness (QED) is 0.689. The van der Waals surface area contributed by atoms with Gasteiger partial charge >= 0.3 is 0 Å².